The minimum Gasteiger partial charge on any atom is -0.395 e. The average Bonchev–Trinajstić information content (AvgIpc) is 2.76. The minimum atomic E-state index is -2.00. The fourth-order valence-corrected chi connectivity index (χ4v) is 7.61. The first-order chi connectivity index (χ1) is 15.6. The van der Waals surface area contributed by atoms with Gasteiger partial charge in [0.25, 0.3) is 0 Å². The van der Waals surface area contributed by atoms with Gasteiger partial charge in [0, 0.05) is 12.7 Å². The van der Waals surface area contributed by atoms with Crippen LogP contribution in [0.25, 0.3) is 0 Å². The van der Waals surface area contributed by atoms with Gasteiger partial charge in [0.2, 0.25) is 0 Å². The van der Waals surface area contributed by atoms with Crippen molar-refractivity contribution in [1.29, 1.82) is 0 Å². The Balaban J connectivity index is 3.76. The van der Waals surface area contributed by atoms with E-state index in [2.05, 4.69) is 34.2 Å². The summed E-state index contributed by atoms with van der Waals surface area (Å²) in [7, 11) is -2.00. The van der Waals surface area contributed by atoms with Crippen LogP contribution in [-0.2, 0) is 8.85 Å². The summed E-state index contributed by atoms with van der Waals surface area (Å²) in [5, 5.41) is 0. The molecule has 32 heavy (non-hydrogen) atoms. The first-order valence-corrected chi connectivity index (χ1v) is 17.4. The van der Waals surface area contributed by atoms with Gasteiger partial charge in [-0.15, -0.1) is 0 Å². The zero-order valence-electron chi connectivity index (χ0n) is 23.2. The molecule has 0 aliphatic heterocycles. The Morgan fingerprint density at radius 3 is 1.31 bits per heavy atom. The Hall–Kier alpha value is 0.137. The zero-order valence-corrected chi connectivity index (χ0v) is 24.2. The van der Waals surface area contributed by atoms with Gasteiger partial charge in [-0.2, -0.15) is 0 Å². The number of rotatable bonds is 26. The van der Waals surface area contributed by atoms with E-state index >= 15 is 0 Å². The summed E-state index contributed by atoms with van der Waals surface area (Å²) in [5.74, 6) is 0. The third-order valence-corrected chi connectivity index (χ3v) is 9.91. The lowest BCUT2D eigenvalue weighted by atomic mass is 10.1. The SMILES string of the molecule is CCCCCCCCCCCCC(C)O[Si](C)(CCCCCCCCCCCC)OCC. The van der Waals surface area contributed by atoms with Gasteiger partial charge in [0.05, 0.1) is 0 Å². The Morgan fingerprint density at radius 2 is 0.906 bits per heavy atom. The first-order valence-electron chi connectivity index (χ1n) is 14.9. The van der Waals surface area contributed by atoms with E-state index in [-0.39, 0.29) is 0 Å². The maximum atomic E-state index is 6.56. The molecule has 0 aliphatic rings. The van der Waals surface area contributed by atoms with Crippen LogP contribution in [0.1, 0.15) is 163 Å². The van der Waals surface area contributed by atoms with E-state index in [4.69, 9.17) is 8.85 Å². The molecule has 194 valence electrons. The van der Waals surface area contributed by atoms with E-state index < -0.39 is 8.56 Å². The van der Waals surface area contributed by atoms with E-state index in [0.29, 0.717) is 6.10 Å². The monoisotopic (exact) mass is 470 g/mol. The molecule has 2 nitrogen and oxygen atoms in total. The zero-order chi connectivity index (χ0) is 23.8. The molecule has 0 saturated heterocycles. The first kappa shape index (κ1) is 32.1. The van der Waals surface area contributed by atoms with Crippen molar-refractivity contribution in [2.75, 3.05) is 6.61 Å². The summed E-state index contributed by atoms with van der Waals surface area (Å²) in [6.07, 6.45) is 29.5. The summed E-state index contributed by atoms with van der Waals surface area (Å²) in [4.78, 5) is 0. The third-order valence-electron chi connectivity index (χ3n) is 6.85. The van der Waals surface area contributed by atoms with E-state index in [1.165, 1.54) is 141 Å². The maximum Gasteiger partial charge on any atom is 0.335 e. The van der Waals surface area contributed by atoms with E-state index in [9.17, 15) is 0 Å². The second kappa shape index (κ2) is 24.3. The van der Waals surface area contributed by atoms with Crippen LogP contribution < -0.4 is 0 Å². The van der Waals surface area contributed by atoms with Crippen molar-refractivity contribution in [3.63, 3.8) is 0 Å². The lowest BCUT2D eigenvalue weighted by Crippen LogP contribution is -2.41. The molecule has 0 N–H and O–H groups in total. The maximum absolute atomic E-state index is 6.56. The molecule has 2 unspecified atom stereocenters. The molecule has 0 aromatic heterocycles. The number of hydrogen-bond acceptors (Lipinski definition) is 2. The summed E-state index contributed by atoms with van der Waals surface area (Å²) in [6, 6.07) is 1.17. The van der Waals surface area contributed by atoms with Crippen molar-refractivity contribution in [1.82, 2.24) is 0 Å². The fourth-order valence-electron chi connectivity index (χ4n) is 4.81. The van der Waals surface area contributed by atoms with Gasteiger partial charge in [0.1, 0.15) is 0 Å². The number of unbranched alkanes of at least 4 members (excludes halogenated alkanes) is 18. The van der Waals surface area contributed by atoms with Crippen LogP contribution in [0.5, 0.6) is 0 Å². The highest BCUT2D eigenvalue weighted by Gasteiger charge is 2.32. The van der Waals surface area contributed by atoms with Crippen molar-refractivity contribution in [2.45, 2.75) is 181 Å². The van der Waals surface area contributed by atoms with E-state index in [0.717, 1.165) is 6.61 Å². The molecule has 0 radical (unpaired) electrons. The van der Waals surface area contributed by atoms with Gasteiger partial charge >= 0.3 is 8.56 Å². The summed E-state index contributed by atoms with van der Waals surface area (Å²) in [6.45, 7) is 12.1. The highest BCUT2D eigenvalue weighted by molar-refractivity contribution is 6.66. The Bertz CT molecular complexity index is 363. The van der Waals surface area contributed by atoms with Crippen LogP contribution in [0.3, 0.4) is 0 Å². The average molecular weight is 471 g/mol. The Morgan fingerprint density at radius 1 is 0.531 bits per heavy atom. The molecular weight excluding hydrogens is 408 g/mol. The summed E-state index contributed by atoms with van der Waals surface area (Å²) >= 11 is 0. The predicted octanol–water partition coefficient (Wildman–Crippen LogP) is 10.7. The predicted molar refractivity (Wildman–Crippen MR) is 147 cm³/mol. The molecule has 2 atom stereocenters. The quantitative estimate of drug-likeness (QED) is 0.0924. The van der Waals surface area contributed by atoms with Crippen molar-refractivity contribution >= 4 is 8.56 Å². The summed E-state index contributed by atoms with van der Waals surface area (Å²) in [5.41, 5.74) is 0. The Labute approximate surface area is 205 Å². The van der Waals surface area contributed by atoms with E-state index in [1.807, 2.05) is 0 Å². The molecule has 0 heterocycles. The van der Waals surface area contributed by atoms with E-state index in [1.54, 1.807) is 0 Å². The lowest BCUT2D eigenvalue weighted by molar-refractivity contribution is 0.122. The molecule has 0 amide bonds. The topological polar surface area (TPSA) is 18.5 Å². The van der Waals surface area contributed by atoms with Gasteiger partial charge in [-0.3, -0.25) is 0 Å². The molecular formula is C29H62O2Si. The molecule has 3 heteroatoms. The van der Waals surface area contributed by atoms with Crippen molar-refractivity contribution < 1.29 is 8.85 Å². The minimum absolute atomic E-state index is 0.357. The van der Waals surface area contributed by atoms with Crippen LogP contribution in [0, 0.1) is 0 Å². The smallest absolute Gasteiger partial charge is 0.335 e. The standard InChI is InChI=1S/C29H62O2Si/c1-6-9-11-13-15-17-19-21-23-25-27-29(4)31-32(5,30-8-3)28-26-24-22-20-18-16-14-12-10-7-2/h29H,6-28H2,1-5H3. The van der Waals surface area contributed by atoms with Crippen molar-refractivity contribution in [2.24, 2.45) is 0 Å². The van der Waals surface area contributed by atoms with Crippen LogP contribution in [-0.4, -0.2) is 21.3 Å². The molecule has 0 bridgehead atoms. The lowest BCUT2D eigenvalue weighted by Gasteiger charge is -2.30. The molecule has 0 spiro atoms. The molecule has 0 aromatic carbocycles. The van der Waals surface area contributed by atoms with Crippen molar-refractivity contribution in [3.8, 4) is 0 Å². The molecule has 0 saturated carbocycles. The van der Waals surface area contributed by atoms with Crippen molar-refractivity contribution in [3.05, 3.63) is 0 Å². The van der Waals surface area contributed by atoms with Gasteiger partial charge in [-0.05, 0) is 32.9 Å². The molecule has 0 aromatic rings. The van der Waals surface area contributed by atoms with Gasteiger partial charge < -0.3 is 8.85 Å². The van der Waals surface area contributed by atoms with Gasteiger partial charge in [-0.1, -0.05) is 142 Å². The van der Waals surface area contributed by atoms with Gasteiger partial charge in [0.15, 0.2) is 0 Å². The second-order valence-electron chi connectivity index (χ2n) is 10.4. The van der Waals surface area contributed by atoms with Crippen LogP contribution in [0.4, 0.5) is 0 Å². The third kappa shape index (κ3) is 22.0. The highest BCUT2D eigenvalue weighted by atomic mass is 28.4. The number of hydrogen-bond donors (Lipinski definition) is 0. The Kier molecular flexibility index (Phi) is 24.4. The van der Waals surface area contributed by atoms with Crippen LogP contribution >= 0.6 is 0 Å². The highest BCUT2D eigenvalue weighted by Crippen LogP contribution is 2.23. The fraction of sp³-hybridized carbons (Fsp3) is 1.00. The second-order valence-corrected chi connectivity index (χ2v) is 13.7. The van der Waals surface area contributed by atoms with Crippen LogP contribution in [0.15, 0.2) is 0 Å². The normalized spacial score (nSPS) is 14.5. The molecule has 0 rings (SSSR count). The molecule has 0 aliphatic carbocycles. The van der Waals surface area contributed by atoms with Gasteiger partial charge in [-0.25, -0.2) is 0 Å². The molecule has 0 fully saturated rings. The van der Waals surface area contributed by atoms with Crippen LogP contribution in [0.2, 0.25) is 12.6 Å². The summed E-state index contributed by atoms with van der Waals surface area (Å²) < 4.78 is 12.8. The largest absolute Gasteiger partial charge is 0.395 e.